The van der Waals surface area contributed by atoms with Crippen molar-refractivity contribution in [2.24, 2.45) is 7.05 Å². The van der Waals surface area contributed by atoms with E-state index in [-0.39, 0.29) is 12.0 Å². The SMILES string of the molecule is Cn1nc(N)c2cnc(-c3ccc(C(=O)N4CCN(C(=O)OC(C)(C)C)CC4)cc3)nc21. The molecule has 1 saturated heterocycles. The molecule has 0 radical (unpaired) electrons. The number of amides is 2. The van der Waals surface area contributed by atoms with Crippen LogP contribution in [0.2, 0.25) is 0 Å². The molecule has 168 valence electrons. The zero-order chi connectivity index (χ0) is 23.0. The summed E-state index contributed by atoms with van der Waals surface area (Å²) in [6, 6.07) is 7.18. The van der Waals surface area contributed by atoms with Crippen LogP contribution in [0.25, 0.3) is 22.4 Å². The van der Waals surface area contributed by atoms with Crippen molar-refractivity contribution in [2.75, 3.05) is 31.9 Å². The molecule has 10 nitrogen and oxygen atoms in total. The topological polar surface area (TPSA) is 119 Å². The molecule has 10 heteroatoms. The summed E-state index contributed by atoms with van der Waals surface area (Å²) in [5.41, 5.74) is 7.33. The first-order valence-corrected chi connectivity index (χ1v) is 10.5. The molecule has 1 aliphatic rings. The normalized spacial score (nSPS) is 14.6. The van der Waals surface area contributed by atoms with E-state index in [0.717, 1.165) is 5.56 Å². The fraction of sp³-hybridized carbons (Fsp3) is 0.409. The summed E-state index contributed by atoms with van der Waals surface area (Å²) in [6.07, 6.45) is 1.31. The van der Waals surface area contributed by atoms with Crippen molar-refractivity contribution in [3.63, 3.8) is 0 Å². The molecule has 0 atom stereocenters. The highest BCUT2D eigenvalue weighted by Crippen LogP contribution is 2.22. The van der Waals surface area contributed by atoms with E-state index in [1.807, 2.05) is 32.9 Å². The largest absolute Gasteiger partial charge is 0.444 e. The number of nitrogen functional groups attached to an aromatic ring is 1. The highest BCUT2D eigenvalue weighted by atomic mass is 16.6. The molecule has 1 aromatic carbocycles. The van der Waals surface area contributed by atoms with Crippen molar-refractivity contribution in [1.29, 1.82) is 0 Å². The van der Waals surface area contributed by atoms with Crippen molar-refractivity contribution in [3.05, 3.63) is 36.0 Å². The zero-order valence-corrected chi connectivity index (χ0v) is 18.7. The second-order valence-corrected chi connectivity index (χ2v) is 8.78. The molecule has 0 aliphatic carbocycles. The summed E-state index contributed by atoms with van der Waals surface area (Å²) in [5, 5.41) is 4.86. The summed E-state index contributed by atoms with van der Waals surface area (Å²) < 4.78 is 7.02. The second kappa shape index (κ2) is 8.10. The highest BCUT2D eigenvalue weighted by Gasteiger charge is 2.28. The van der Waals surface area contributed by atoms with E-state index in [1.54, 1.807) is 39.9 Å². The van der Waals surface area contributed by atoms with Crippen molar-refractivity contribution >= 4 is 28.9 Å². The van der Waals surface area contributed by atoms with Gasteiger partial charge >= 0.3 is 6.09 Å². The molecule has 2 aromatic heterocycles. The Morgan fingerprint density at radius 3 is 2.28 bits per heavy atom. The number of aromatic nitrogens is 4. The number of hydrogen-bond donors (Lipinski definition) is 1. The lowest BCUT2D eigenvalue weighted by molar-refractivity contribution is 0.0141. The monoisotopic (exact) mass is 437 g/mol. The predicted octanol–water partition coefficient (Wildman–Crippen LogP) is 2.31. The van der Waals surface area contributed by atoms with E-state index in [2.05, 4.69) is 15.1 Å². The number of aryl methyl sites for hydroxylation is 1. The van der Waals surface area contributed by atoms with Crippen LogP contribution in [-0.2, 0) is 11.8 Å². The standard InChI is InChI=1S/C22H27N7O3/c1-22(2,3)32-21(31)29-11-9-28(10-12-29)20(30)15-7-5-14(6-8-15)18-24-13-16-17(23)26-27(4)19(16)25-18/h5-8,13H,9-12H2,1-4H3,(H2,23,26). The minimum atomic E-state index is -0.538. The van der Waals surface area contributed by atoms with E-state index < -0.39 is 5.60 Å². The Hall–Kier alpha value is -3.69. The third kappa shape index (κ3) is 4.34. The Labute approximate surface area is 186 Å². The van der Waals surface area contributed by atoms with Crippen LogP contribution in [0, 0.1) is 0 Å². The minimum absolute atomic E-state index is 0.0730. The maximum atomic E-state index is 12.9. The molecule has 0 saturated carbocycles. The van der Waals surface area contributed by atoms with E-state index in [1.165, 1.54) is 0 Å². The number of nitrogens with zero attached hydrogens (tertiary/aromatic N) is 6. The summed E-state index contributed by atoms with van der Waals surface area (Å²) in [7, 11) is 1.78. The number of hydrogen-bond acceptors (Lipinski definition) is 7. The summed E-state index contributed by atoms with van der Waals surface area (Å²) >= 11 is 0. The maximum absolute atomic E-state index is 12.9. The van der Waals surface area contributed by atoms with Crippen LogP contribution in [0.3, 0.4) is 0 Å². The molecule has 3 heterocycles. The number of ether oxygens (including phenoxy) is 1. The molecular formula is C22H27N7O3. The van der Waals surface area contributed by atoms with Gasteiger partial charge in [0, 0.05) is 50.6 Å². The van der Waals surface area contributed by atoms with Crippen LogP contribution in [0.15, 0.2) is 30.5 Å². The third-order valence-electron chi connectivity index (χ3n) is 5.22. The van der Waals surface area contributed by atoms with Gasteiger partial charge in [-0.2, -0.15) is 5.10 Å². The lowest BCUT2D eigenvalue weighted by atomic mass is 10.1. The molecule has 1 aliphatic heterocycles. The molecule has 0 spiro atoms. The maximum Gasteiger partial charge on any atom is 0.410 e. The average Bonchev–Trinajstić information content (AvgIpc) is 3.05. The van der Waals surface area contributed by atoms with Crippen molar-refractivity contribution in [1.82, 2.24) is 29.5 Å². The molecule has 3 aromatic rings. The molecule has 4 rings (SSSR count). The highest BCUT2D eigenvalue weighted by molar-refractivity contribution is 5.95. The fourth-order valence-corrected chi connectivity index (χ4v) is 3.57. The van der Waals surface area contributed by atoms with Crippen LogP contribution in [-0.4, -0.2) is 73.3 Å². The van der Waals surface area contributed by atoms with Gasteiger partial charge in [-0.1, -0.05) is 12.1 Å². The van der Waals surface area contributed by atoms with E-state index in [4.69, 9.17) is 10.5 Å². The number of carbonyl (C=O) groups excluding carboxylic acids is 2. The minimum Gasteiger partial charge on any atom is -0.444 e. The van der Waals surface area contributed by atoms with Crippen molar-refractivity contribution in [2.45, 2.75) is 26.4 Å². The first kappa shape index (κ1) is 21.5. The van der Waals surface area contributed by atoms with Gasteiger partial charge in [0.05, 0.1) is 5.39 Å². The number of rotatable bonds is 2. The van der Waals surface area contributed by atoms with Gasteiger partial charge in [0.25, 0.3) is 5.91 Å². The lowest BCUT2D eigenvalue weighted by Crippen LogP contribution is -2.51. The van der Waals surface area contributed by atoms with Crippen LogP contribution in [0.4, 0.5) is 10.6 Å². The Balaban J connectivity index is 1.42. The predicted molar refractivity (Wildman–Crippen MR) is 120 cm³/mol. The summed E-state index contributed by atoms with van der Waals surface area (Å²) in [6.45, 7) is 7.32. The van der Waals surface area contributed by atoms with Gasteiger partial charge in [0.1, 0.15) is 5.60 Å². The molecule has 0 bridgehead atoms. The Kier molecular flexibility index (Phi) is 5.45. The third-order valence-corrected chi connectivity index (χ3v) is 5.22. The van der Waals surface area contributed by atoms with Crippen molar-refractivity contribution in [3.8, 4) is 11.4 Å². The number of carbonyl (C=O) groups is 2. The smallest absolute Gasteiger partial charge is 0.410 e. The van der Waals surface area contributed by atoms with Crippen LogP contribution < -0.4 is 5.73 Å². The second-order valence-electron chi connectivity index (χ2n) is 8.78. The average molecular weight is 438 g/mol. The van der Waals surface area contributed by atoms with Gasteiger partial charge in [0.2, 0.25) is 0 Å². The van der Waals surface area contributed by atoms with E-state index in [9.17, 15) is 9.59 Å². The Morgan fingerprint density at radius 1 is 1.03 bits per heavy atom. The summed E-state index contributed by atoms with van der Waals surface area (Å²) in [5.74, 6) is 0.850. The fourth-order valence-electron chi connectivity index (χ4n) is 3.57. The van der Waals surface area contributed by atoms with Gasteiger partial charge in [-0.3, -0.25) is 4.79 Å². The quantitative estimate of drug-likeness (QED) is 0.653. The number of fused-ring (bicyclic) bond motifs is 1. The van der Waals surface area contributed by atoms with Crippen molar-refractivity contribution < 1.29 is 14.3 Å². The van der Waals surface area contributed by atoms with Gasteiger partial charge in [-0.25, -0.2) is 19.4 Å². The number of benzene rings is 1. The number of nitrogens with two attached hydrogens (primary N) is 1. The number of piperazine rings is 1. The van der Waals surface area contributed by atoms with Gasteiger partial charge < -0.3 is 20.3 Å². The van der Waals surface area contributed by atoms with E-state index in [0.29, 0.717) is 54.4 Å². The van der Waals surface area contributed by atoms with E-state index >= 15 is 0 Å². The zero-order valence-electron chi connectivity index (χ0n) is 18.7. The molecule has 32 heavy (non-hydrogen) atoms. The molecular weight excluding hydrogens is 410 g/mol. The first-order chi connectivity index (χ1) is 15.1. The Morgan fingerprint density at radius 2 is 1.66 bits per heavy atom. The molecule has 2 amide bonds. The summed E-state index contributed by atoms with van der Waals surface area (Å²) in [4.78, 5) is 37.4. The molecule has 1 fully saturated rings. The van der Waals surface area contributed by atoms with Gasteiger partial charge in [0.15, 0.2) is 17.3 Å². The molecule has 0 unspecified atom stereocenters. The number of anilines is 1. The van der Waals surface area contributed by atoms with Crippen LogP contribution in [0.5, 0.6) is 0 Å². The Bertz CT molecular complexity index is 1160. The lowest BCUT2D eigenvalue weighted by Gasteiger charge is -2.35. The van der Waals surface area contributed by atoms with Crippen LogP contribution in [0.1, 0.15) is 31.1 Å². The van der Waals surface area contributed by atoms with Gasteiger partial charge in [-0.15, -0.1) is 0 Å². The van der Waals surface area contributed by atoms with Gasteiger partial charge in [-0.05, 0) is 32.9 Å². The first-order valence-electron chi connectivity index (χ1n) is 10.5. The van der Waals surface area contributed by atoms with Crippen LogP contribution >= 0.6 is 0 Å². The molecule has 2 N–H and O–H groups in total.